The van der Waals surface area contributed by atoms with Crippen LogP contribution in [0, 0.1) is 11.3 Å². The molecule has 8 nitrogen and oxygen atoms in total. The Morgan fingerprint density at radius 3 is 2.26 bits per heavy atom. The van der Waals surface area contributed by atoms with Crippen molar-refractivity contribution in [1.82, 2.24) is 14.9 Å². The van der Waals surface area contributed by atoms with Crippen LogP contribution in [0.1, 0.15) is 63.4 Å². The largest absolute Gasteiger partial charge is 0.478 e. The third kappa shape index (κ3) is 7.23. The summed E-state index contributed by atoms with van der Waals surface area (Å²) in [6.45, 7) is 9.76. The third-order valence-electron chi connectivity index (χ3n) is 7.06. The van der Waals surface area contributed by atoms with Crippen molar-refractivity contribution < 1.29 is 27.9 Å². The number of carbonyl (C=O) groups is 2. The average Bonchev–Trinajstić information content (AvgIpc) is 3.23. The van der Waals surface area contributed by atoms with E-state index in [1.54, 1.807) is 55.5 Å². The number of carboxylic acids is 1. The lowest BCUT2D eigenvalue weighted by Gasteiger charge is -2.35. The second-order valence-corrected chi connectivity index (χ2v) is 11.7. The van der Waals surface area contributed by atoms with Crippen molar-refractivity contribution in [3.63, 3.8) is 0 Å². The van der Waals surface area contributed by atoms with Crippen molar-refractivity contribution >= 4 is 63.4 Å². The molecule has 1 saturated heterocycles. The highest BCUT2D eigenvalue weighted by Gasteiger charge is 2.41. The van der Waals surface area contributed by atoms with E-state index in [4.69, 9.17) is 23.2 Å². The van der Waals surface area contributed by atoms with Crippen molar-refractivity contribution in [2.24, 2.45) is 18.4 Å². The predicted octanol–water partition coefficient (Wildman–Crippen LogP) is 7.79. The van der Waals surface area contributed by atoms with Crippen molar-refractivity contribution in [3.8, 4) is 0 Å². The molecule has 1 amide bonds. The van der Waals surface area contributed by atoms with Gasteiger partial charge in [-0.05, 0) is 36.6 Å². The Kier molecular flexibility index (Phi) is 10.3. The first-order valence-corrected chi connectivity index (χ1v) is 14.4. The molecule has 1 aliphatic heterocycles. The molecule has 4 rings (SSSR count). The van der Waals surface area contributed by atoms with E-state index in [-0.39, 0.29) is 49.0 Å². The molecule has 0 aliphatic carbocycles. The van der Waals surface area contributed by atoms with Gasteiger partial charge in [0.2, 0.25) is 11.9 Å². The standard InChI is InChI=1S/C27H30Cl2F3N5O3.C2H6/c1-26(2,3)24(40)33-13-14-5-6-17(28)22(21(14)29)35-25-34-18-11-16(23(38)39)19(12-20(18)36(25)4)37-9-7-15(8-10-37)27(30,31)32;1-2/h5-6,11-12,15H,7-10,13H2,1-4H3,(H,33,40)(H,34,35)(H,38,39);1-2H3. The number of carboxylic acid groups (broad SMARTS) is 1. The molecule has 230 valence electrons. The Labute approximate surface area is 253 Å². The highest BCUT2D eigenvalue weighted by atomic mass is 35.5. The summed E-state index contributed by atoms with van der Waals surface area (Å²) in [4.78, 5) is 30.6. The number of anilines is 3. The number of aromatic nitrogens is 2. The highest BCUT2D eigenvalue weighted by Crippen LogP contribution is 2.39. The molecule has 3 aromatic rings. The zero-order valence-electron chi connectivity index (χ0n) is 24.4. The Hall–Kier alpha value is -3.18. The average molecular weight is 631 g/mol. The van der Waals surface area contributed by atoms with Crippen LogP contribution in [-0.4, -0.2) is 45.8 Å². The van der Waals surface area contributed by atoms with Crippen molar-refractivity contribution in [1.29, 1.82) is 0 Å². The van der Waals surface area contributed by atoms with Gasteiger partial charge in [0.05, 0.1) is 43.9 Å². The van der Waals surface area contributed by atoms with E-state index in [0.717, 1.165) is 0 Å². The molecule has 1 aliphatic rings. The van der Waals surface area contributed by atoms with Crippen LogP contribution in [-0.2, 0) is 18.4 Å². The van der Waals surface area contributed by atoms with Crippen molar-refractivity contribution in [3.05, 3.63) is 45.4 Å². The van der Waals surface area contributed by atoms with Crippen LogP contribution in [0.15, 0.2) is 24.3 Å². The fourth-order valence-corrected chi connectivity index (χ4v) is 5.15. The lowest BCUT2D eigenvalue weighted by molar-refractivity contribution is -0.179. The zero-order chi connectivity index (χ0) is 31.6. The molecule has 2 heterocycles. The zero-order valence-corrected chi connectivity index (χ0v) is 25.9. The SMILES string of the molecule is CC.Cn1c(Nc2c(Cl)ccc(CNC(=O)C(C)(C)C)c2Cl)nc2cc(C(=O)O)c(N3CCC(C(F)(F)F)CC3)cc21. The molecule has 0 atom stereocenters. The van der Waals surface area contributed by atoms with Crippen LogP contribution < -0.4 is 15.5 Å². The minimum absolute atomic E-state index is 0.0461. The van der Waals surface area contributed by atoms with E-state index in [1.807, 2.05) is 13.8 Å². The first-order chi connectivity index (χ1) is 19.6. The van der Waals surface area contributed by atoms with Gasteiger partial charge in [0.1, 0.15) is 0 Å². The number of benzene rings is 2. The maximum Gasteiger partial charge on any atom is 0.391 e. The molecule has 0 bridgehead atoms. The fourth-order valence-electron chi connectivity index (χ4n) is 4.62. The van der Waals surface area contributed by atoms with Crippen LogP contribution >= 0.6 is 23.2 Å². The van der Waals surface area contributed by atoms with Gasteiger partial charge in [0.15, 0.2) is 0 Å². The van der Waals surface area contributed by atoms with Gasteiger partial charge in [-0.1, -0.05) is 63.9 Å². The number of nitrogens with zero attached hydrogens (tertiary/aromatic N) is 3. The Bertz CT molecular complexity index is 1460. The molecule has 0 unspecified atom stereocenters. The molecular formula is C29H36Cl2F3N5O3. The number of hydrogen-bond acceptors (Lipinski definition) is 5. The first kappa shape index (κ1) is 33.3. The summed E-state index contributed by atoms with van der Waals surface area (Å²) >= 11 is 13.1. The van der Waals surface area contributed by atoms with E-state index in [0.29, 0.717) is 38.9 Å². The van der Waals surface area contributed by atoms with Gasteiger partial charge in [0.25, 0.3) is 0 Å². The van der Waals surface area contributed by atoms with Gasteiger partial charge in [0, 0.05) is 32.1 Å². The van der Waals surface area contributed by atoms with Crippen LogP contribution in [0.3, 0.4) is 0 Å². The number of amides is 1. The van der Waals surface area contributed by atoms with Crippen LogP contribution in [0.2, 0.25) is 10.0 Å². The normalized spacial score (nSPS) is 14.4. The maximum absolute atomic E-state index is 13.2. The summed E-state index contributed by atoms with van der Waals surface area (Å²) in [5, 5.41) is 16.4. The molecular weight excluding hydrogens is 594 g/mol. The smallest absolute Gasteiger partial charge is 0.391 e. The Morgan fingerprint density at radius 2 is 1.71 bits per heavy atom. The predicted molar refractivity (Wildman–Crippen MR) is 161 cm³/mol. The van der Waals surface area contributed by atoms with Crippen molar-refractivity contribution in [2.75, 3.05) is 23.3 Å². The molecule has 0 saturated carbocycles. The first-order valence-electron chi connectivity index (χ1n) is 13.7. The van der Waals surface area contributed by atoms with Gasteiger partial charge >= 0.3 is 12.1 Å². The summed E-state index contributed by atoms with van der Waals surface area (Å²) in [5.41, 5.74) is 1.64. The summed E-state index contributed by atoms with van der Waals surface area (Å²) in [6.07, 6.45) is -4.49. The highest BCUT2D eigenvalue weighted by molar-refractivity contribution is 6.39. The van der Waals surface area contributed by atoms with E-state index in [9.17, 15) is 27.9 Å². The number of fused-ring (bicyclic) bond motifs is 1. The molecule has 1 aromatic heterocycles. The summed E-state index contributed by atoms with van der Waals surface area (Å²) in [6, 6.07) is 6.39. The van der Waals surface area contributed by atoms with Crippen LogP contribution in [0.5, 0.6) is 0 Å². The van der Waals surface area contributed by atoms with Crippen LogP contribution in [0.25, 0.3) is 11.0 Å². The Morgan fingerprint density at radius 1 is 1.10 bits per heavy atom. The maximum atomic E-state index is 13.2. The summed E-state index contributed by atoms with van der Waals surface area (Å²) in [7, 11) is 1.72. The number of rotatable bonds is 6. The minimum atomic E-state index is -4.27. The van der Waals surface area contributed by atoms with E-state index in [1.165, 1.54) is 6.07 Å². The molecule has 3 N–H and O–H groups in total. The number of aromatic carboxylic acids is 1. The number of piperidine rings is 1. The van der Waals surface area contributed by atoms with Gasteiger partial charge in [-0.15, -0.1) is 0 Å². The molecule has 2 aromatic carbocycles. The van der Waals surface area contributed by atoms with E-state index in [2.05, 4.69) is 15.6 Å². The van der Waals surface area contributed by atoms with Gasteiger partial charge in [-0.2, -0.15) is 13.2 Å². The quantitative estimate of drug-likeness (QED) is 0.257. The molecule has 13 heteroatoms. The fraction of sp³-hybridized carbons (Fsp3) is 0.483. The van der Waals surface area contributed by atoms with Crippen LogP contribution in [0.4, 0.5) is 30.5 Å². The van der Waals surface area contributed by atoms with Gasteiger partial charge < -0.3 is 25.2 Å². The molecule has 42 heavy (non-hydrogen) atoms. The number of imidazole rings is 1. The van der Waals surface area contributed by atoms with Gasteiger partial charge in [-0.3, -0.25) is 4.79 Å². The number of carbonyl (C=O) groups excluding carboxylic acids is 1. The topological polar surface area (TPSA) is 99.5 Å². The number of nitrogens with one attached hydrogen (secondary N) is 2. The number of halogens is 5. The number of aryl methyl sites for hydroxylation is 1. The second-order valence-electron chi connectivity index (χ2n) is 10.9. The lowest BCUT2D eigenvalue weighted by atomic mass is 9.95. The van der Waals surface area contributed by atoms with E-state index < -0.39 is 23.5 Å². The summed E-state index contributed by atoms with van der Waals surface area (Å²) < 4.78 is 41.2. The van der Waals surface area contributed by atoms with Gasteiger partial charge in [-0.25, -0.2) is 9.78 Å². The Balaban J connectivity index is 0.00000237. The minimum Gasteiger partial charge on any atom is -0.478 e. The third-order valence-corrected chi connectivity index (χ3v) is 7.80. The number of alkyl halides is 3. The second kappa shape index (κ2) is 13.0. The molecule has 0 spiro atoms. The summed E-state index contributed by atoms with van der Waals surface area (Å²) in [5.74, 6) is -2.43. The lowest BCUT2D eigenvalue weighted by Crippen LogP contribution is -2.39. The number of hydrogen-bond donors (Lipinski definition) is 3. The van der Waals surface area contributed by atoms with E-state index >= 15 is 0 Å². The molecule has 0 radical (unpaired) electrons. The van der Waals surface area contributed by atoms with Crippen molar-refractivity contribution in [2.45, 2.75) is 60.2 Å². The monoisotopic (exact) mass is 629 g/mol. The molecule has 1 fully saturated rings.